The van der Waals surface area contributed by atoms with Crippen molar-refractivity contribution >= 4 is 0 Å². The highest BCUT2D eigenvalue weighted by Gasteiger charge is 2.01. The number of allylic oxidation sites excluding steroid dienone is 1. The van der Waals surface area contributed by atoms with E-state index >= 15 is 0 Å². The summed E-state index contributed by atoms with van der Waals surface area (Å²) in [4.78, 5) is 0. The highest BCUT2D eigenvalue weighted by molar-refractivity contribution is 4.94. The molecule has 0 fully saturated rings. The van der Waals surface area contributed by atoms with Crippen molar-refractivity contribution < 1.29 is 0 Å². The molecule has 14 heavy (non-hydrogen) atoms. The van der Waals surface area contributed by atoms with Gasteiger partial charge in [0, 0.05) is 0 Å². The largest absolute Gasteiger partial charge is 0.0999 e. The zero-order valence-electron chi connectivity index (χ0n) is 10.1. The minimum Gasteiger partial charge on any atom is -0.0999 e. The Morgan fingerprint density at radius 2 is 1.79 bits per heavy atom. The van der Waals surface area contributed by atoms with Crippen molar-refractivity contribution in [3.05, 3.63) is 19.1 Å². The average molecular weight is 195 g/mol. The molecule has 0 rings (SSSR count). The van der Waals surface area contributed by atoms with E-state index in [1.807, 2.05) is 0 Å². The molecule has 0 saturated carbocycles. The molecule has 0 aromatic rings. The van der Waals surface area contributed by atoms with Crippen LogP contribution >= 0.6 is 0 Å². The molecule has 83 valence electrons. The van der Waals surface area contributed by atoms with E-state index in [-0.39, 0.29) is 0 Å². The van der Waals surface area contributed by atoms with Gasteiger partial charge in [-0.2, -0.15) is 0 Å². The molecule has 0 bridgehead atoms. The molecule has 0 nitrogen and oxygen atoms in total. The smallest absolute Gasteiger partial charge is 0.0297 e. The van der Waals surface area contributed by atoms with Crippen LogP contribution in [0.25, 0.3) is 0 Å². The second-order valence-corrected chi connectivity index (χ2v) is 4.49. The standard InChI is InChI=1S/C14H27/c1-5-7-8-9-10-11-14(4)12-13(3)6-2/h13H,1,4-12H2,2-3H3. The Balaban J connectivity index is 3.27. The molecular formula is C14H27. The molecule has 0 N–H and O–H groups in total. The molecule has 0 aliphatic carbocycles. The van der Waals surface area contributed by atoms with Crippen LogP contribution in [0.3, 0.4) is 0 Å². The Hall–Kier alpha value is -0.260. The van der Waals surface area contributed by atoms with Gasteiger partial charge in [0.2, 0.25) is 0 Å². The fraction of sp³-hybridized carbons (Fsp3) is 0.786. The van der Waals surface area contributed by atoms with Crippen molar-refractivity contribution in [1.82, 2.24) is 0 Å². The zero-order valence-corrected chi connectivity index (χ0v) is 10.1. The lowest BCUT2D eigenvalue weighted by Crippen LogP contribution is -1.94. The van der Waals surface area contributed by atoms with Crippen LogP contribution in [0.5, 0.6) is 0 Å². The number of hydrogen-bond donors (Lipinski definition) is 0. The highest BCUT2D eigenvalue weighted by atomic mass is 14.1. The van der Waals surface area contributed by atoms with Crippen LogP contribution in [0.15, 0.2) is 12.2 Å². The second kappa shape index (κ2) is 9.30. The third-order valence-electron chi connectivity index (χ3n) is 2.86. The van der Waals surface area contributed by atoms with Gasteiger partial charge in [0.15, 0.2) is 0 Å². The van der Waals surface area contributed by atoms with E-state index in [9.17, 15) is 0 Å². The fourth-order valence-corrected chi connectivity index (χ4v) is 1.64. The van der Waals surface area contributed by atoms with Crippen molar-refractivity contribution in [3.8, 4) is 0 Å². The van der Waals surface area contributed by atoms with Gasteiger partial charge in [0.1, 0.15) is 0 Å². The average Bonchev–Trinajstić information content (AvgIpc) is 2.17. The Morgan fingerprint density at radius 3 is 2.36 bits per heavy atom. The van der Waals surface area contributed by atoms with E-state index in [1.54, 1.807) is 0 Å². The topological polar surface area (TPSA) is 0 Å². The molecule has 1 atom stereocenters. The normalized spacial score (nSPS) is 12.8. The summed E-state index contributed by atoms with van der Waals surface area (Å²) >= 11 is 0. The van der Waals surface area contributed by atoms with Crippen LogP contribution in [-0.4, -0.2) is 0 Å². The lowest BCUT2D eigenvalue weighted by molar-refractivity contribution is 0.538. The van der Waals surface area contributed by atoms with Gasteiger partial charge in [-0.3, -0.25) is 0 Å². The minimum absolute atomic E-state index is 0.822. The molecular weight excluding hydrogens is 168 g/mol. The van der Waals surface area contributed by atoms with Gasteiger partial charge in [-0.15, -0.1) is 0 Å². The summed E-state index contributed by atoms with van der Waals surface area (Å²) in [5, 5.41) is 0. The molecule has 0 aliphatic rings. The SMILES string of the molecule is [CH2]CCCCCCC(=C)CC(C)CC. The van der Waals surface area contributed by atoms with E-state index < -0.39 is 0 Å². The summed E-state index contributed by atoms with van der Waals surface area (Å²) in [6, 6.07) is 0. The molecule has 0 saturated heterocycles. The van der Waals surface area contributed by atoms with Gasteiger partial charge in [0.25, 0.3) is 0 Å². The third kappa shape index (κ3) is 8.34. The Kier molecular flexibility index (Phi) is 9.13. The Labute approximate surface area is 90.8 Å². The molecule has 1 radical (unpaired) electrons. The zero-order chi connectivity index (χ0) is 10.8. The molecule has 0 aromatic heterocycles. The maximum absolute atomic E-state index is 4.15. The predicted octanol–water partition coefficient (Wildman–Crippen LogP) is 5.15. The van der Waals surface area contributed by atoms with Crippen LogP contribution < -0.4 is 0 Å². The molecule has 0 heterocycles. The Morgan fingerprint density at radius 1 is 1.14 bits per heavy atom. The summed E-state index contributed by atoms with van der Waals surface area (Å²) in [6.45, 7) is 12.6. The lowest BCUT2D eigenvalue weighted by atomic mass is 9.96. The van der Waals surface area contributed by atoms with E-state index in [0.29, 0.717) is 0 Å². The third-order valence-corrected chi connectivity index (χ3v) is 2.86. The van der Waals surface area contributed by atoms with E-state index in [2.05, 4.69) is 27.4 Å². The summed E-state index contributed by atoms with van der Waals surface area (Å²) in [5.41, 5.74) is 1.45. The van der Waals surface area contributed by atoms with Gasteiger partial charge >= 0.3 is 0 Å². The van der Waals surface area contributed by atoms with Crippen LogP contribution in [0.4, 0.5) is 0 Å². The highest BCUT2D eigenvalue weighted by Crippen LogP contribution is 2.18. The quantitative estimate of drug-likeness (QED) is 0.352. The molecule has 1 unspecified atom stereocenters. The Bertz CT molecular complexity index is 135. The monoisotopic (exact) mass is 195 g/mol. The summed E-state index contributed by atoms with van der Waals surface area (Å²) in [6.07, 6.45) is 10.2. The minimum atomic E-state index is 0.822. The molecule has 0 heteroatoms. The van der Waals surface area contributed by atoms with Crippen molar-refractivity contribution in [1.29, 1.82) is 0 Å². The second-order valence-electron chi connectivity index (χ2n) is 4.49. The van der Waals surface area contributed by atoms with Gasteiger partial charge in [-0.1, -0.05) is 65.0 Å². The maximum Gasteiger partial charge on any atom is -0.0297 e. The van der Waals surface area contributed by atoms with Crippen molar-refractivity contribution in [3.63, 3.8) is 0 Å². The van der Waals surface area contributed by atoms with Gasteiger partial charge in [0.05, 0.1) is 0 Å². The number of unbranched alkanes of at least 4 members (excludes halogenated alkanes) is 4. The van der Waals surface area contributed by atoms with Crippen LogP contribution in [0.1, 0.15) is 65.2 Å². The number of hydrogen-bond acceptors (Lipinski definition) is 0. The first-order chi connectivity index (χ1) is 6.70. The van der Waals surface area contributed by atoms with E-state index in [4.69, 9.17) is 0 Å². The molecule has 0 amide bonds. The molecule has 0 spiro atoms. The summed E-state index contributed by atoms with van der Waals surface area (Å²) < 4.78 is 0. The fourth-order valence-electron chi connectivity index (χ4n) is 1.64. The van der Waals surface area contributed by atoms with Gasteiger partial charge < -0.3 is 0 Å². The number of rotatable bonds is 9. The summed E-state index contributed by atoms with van der Waals surface area (Å²) in [7, 11) is 0. The predicted molar refractivity (Wildman–Crippen MR) is 66.3 cm³/mol. The molecule has 0 aromatic carbocycles. The van der Waals surface area contributed by atoms with Crippen LogP contribution in [0.2, 0.25) is 0 Å². The lowest BCUT2D eigenvalue weighted by Gasteiger charge is -2.10. The first-order valence-corrected chi connectivity index (χ1v) is 6.16. The van der Waals surface area contributed by atoms with E-state index in [1.165, 1.54) is 50.5 Å². The first-order valence-electron chi connectivity index (χ1n) is 6.16. The first kappa shape index (κ1) is 13.7. The molecule has 0 aliphatic heterocycles. The van der Waals surface area contributed by atoms with Crippen molar-refractivity contribution in [2.24, 2.45) is 5.92 Å². The summed E-state index contributed by atoms with van der Waals surface area (Å²) in [5.74, 6) is 0.822. The van der Waals surface area contributed by atoms with Crippen molar-refractivity contribution in [2.45, 2.75) is 65.2 Å². The van der Waals surface area contributed by atoms with Gasteiger partial charge in [-0.25, -0.2) is 0 Å². The van der Waals surface area contributed by atoms with Crippen molar-refractivity contribution in [2.75, 3.05) is 0 Å². The van der Waals surface area contributed by atoms with Gasteiger partial charge in [-0.05, 0) is 25.2 Å². The van der Waals surface area contributed by atoms with Crippen LogP contribution in [-0.2, 0) is 0 Å². The maximum atomic E-state index is 4.15. The van der Waals surface area contributed by atoms with Crippen LogP contribution in [0, 0.1) is 12.8 Å². The van der Waals surface area contributed by atoms with E-state index in [0.717, 1.165) is 12.3 Å².